The number of nitrogens with one attached hydrogen (secondary N) is 1. The molecule has 3 aliphatic rings. The minimum atomic E-state index is -0.601. The van der Waals surface area contributed by atoms with E-state index in [0.29, 0.717) is 45.4 Å². The Morgan fingerprint density at radius 3 is 2.89 bits per heavy atom. The number of imidazole rings is 1. The molecular formula is C20H30N4O4. The molecule has 8 heteroatoms. The van der Waals surface area contributed by atoms with Crippen molar-refractivity contribution in [2.75, 3.05) is 26.2 Å². The molecule has 2 amide bonds. The molecule has 2 fully saturated rings. The molecule has 1 spiro atoms. The summed E-state index contributed by atoms with van der Waals surface area (Å²) in [5, 5.41) is 3.00. The lowest BCUT2D eigenvalue weighted by molar-refractivity contribution is -0.176. The van der Waals surface area contributed by atoms with Gasteiger partial charge in [0.15, 0.2) is 6.10 Å². The van der Waals surface area contributed by atoms with Gasteiger partial charge < -0.3 is 24.3 Å². The molecule has 4 heterocycles. The Hall–Kier alpha value is -1.93. The summed E-state index contributed by atoms with van der Waals surface area (Å²) in [7, 11) is 0. The zero-order valence-corrected chi connectivity index (χ0v) is 16.6. The molecule has 4 rings (SSSR count). The second kappa shape index (κ2) is 8.21. The maximum Gasteiger partial charge on any atom is 0.251 e. The molecule has 0 unspecified atom stereocenters. The average Bonchev–Trinajstić information content (AvgIpc) is 3.39. The van der Waals surface area contributed by atoms with E-state index in [4.69, 9.17) is 9.47 Å². The third-order valence-electron chi connectivity index (χ3n) is 6.06. The number of carbonyl (C=O) groups is 2. The maximum absolute atomic E-state index is 12.8. The fourth-order valence-corrected chi connectivity index (χ4v) is 4.50. The normalized spacial score (nSPS) is 26.2. The molecule has 0 saturated carbocycles. The molecule has 0 aromatic carbocycles. The predicted octanol–water partition coefficient (Wildman–Crippen LogP) is 1.19. The Bertz CT molecular complexity index is 705. The summed E-state index contributed by atoms with van der Waals surface area (Å²) < 4.78 is 14.0. The summed E-state index contributed by atoms with van der Waals surface area (Å²) in [5.41, 5.74) is -0.601. The van der Waals surface area contributed by atoms with Gasteiger partial charge in [-0.25, -0.2) is 4.98 Å². The minimum Gasteiger partial charge on any atom is -0.376 e. The van der Waals surface area contributed by atoms with Crippen LogP contribution >= 0.6 is 0 Å². The first-order valence-electron chi connectivity index (χ1n) is 10.5. The zero-order chi connectivity index (χ0) is 19.6. The number of rotatable bonds is 5. The van der Waals surface area contributed by atoms with Gasteiger partial charge in [0, 0.05) is 57.9 Å². The van der Waals surface area contributed by atoms with Crippen molar-refractivity contribution in [3.63, 3.8) is 0 Å². The second-order valence-corrected chi connectivity index (χ2v) is 8.01. The van der Waals surface area contributed by atoms with Crippen LogP contribution in [0, 0.1) is 0 Å². The van der Waals surface area contributed by atoms with Crippen LogP contribution in [0.15, 0.2) is 12.4 Å². The fraction of sp³-hybridized carbons (Fsp3) is 0.750. The van der Waals surface area contributed by atoms with Crippen molar-refractivity contribution in [1.29, 1.82) is 0 Å². The molecule has 1 N–H and O–H groups in total. The van der Waals surface area contributed by atoms with Crippen LogP contribution in [0.5, 0.6) is 0 Å². The monoisotopic (exact) mass is 390 g/mol. The van der Waals surface area contributed by atoms with Crippen LogP contribution in [0.25, 0.3) is 0 Å². The lowest BCUT2D eigenvalue weighted by atomic mass is 9.88. The quantitative estimate of drug-likeness (QED) is 0.816. The number of fused-ring (bicyclic) bond motifs is 2. The molecule has 0 bridgehead atoms. The third-order valence-corrected chi connectivity index (χ3v) is 6.06. The fourth-order valence-electron chi connectivity index (χ4n) is 4.50. The largest absolute Gasteiger partial charge is 0.376 e. The number of hydrogen-bond acceptors (Lipinski definition) is 5. The topological polar surface area (TPSA) is 85.7 Å². The van der Waals surface area contributed by atoms with Gasteiger partial charge in [-0.2, -0.15) is 0 Å². The summed E-state index contributed by atoms with van der Waals surface area (Å²) in [4.78, 5) is 31.5. The van der Waals surface area contributed by atoms with E-state index < -0.39 is 11.7 Å². The number of hydrogen-bond donors (Lipinski definition) is 1. The highest BCUT2D eigenvalue weighted by molar-refractivity contribution is 5.81. The van der Waals surface area contributed by atoms with E-state index in [1.165, 1.54) is 0 Å². The van der Waals surface area contributed by atoms with Crippen LogP contribution in [0.2, 0.25) is 0 Å². The van der Waals surface area contributed by atoms with Gasteiger partial charge in [0.2, 0.25) is 5.91 Å². The number of carbonyl (C=O) groups excluding carboxylic acids is 2. The first-order chi connectivity index (χ1) is 13.6. The number of piperidine rings is 1. The van der Waals surface area contributed by atoms with Gasteiger partial charge >= 0.3 is 0 Å². The van der Waals surface area contributed by atoms with Crippen molar-refractivity contribution in [3.05, 3.63) is 18.2 Å². The molecule has 3 aliphatic heterocycles. The number of aromatic nitrogens is 2. The lowest BCUT2D eigenvalue weighted by Gasteiger charge is -2.45. The standard InChI is InChI=1S/C20H30N4O4/c1-2-4-17(25)23-9-6-20(7-10-23)19-21-8-11-24(19)14-16(28-20)18(26)22-13-15-5-3-12-27-15/h8,11,15-16H,2-7,9-10,12-14H2,1H3,(H,22,26)/t15-,16+/m0/s1. The molecule has 1 aromatic heterocycles. The van der Waals surface area contributed by atoms with E-state index in [9.17, 15) is 9.59 Å². The molecule has 154 valence electrons. The lowest BCUT2D eigenvalue weighted by Crippen LogP contribution is -2.55. The SMILES string of the molecule is CCCC(=O)N1CCC2(CC1)O[C@@H](C(=O)NC[C@@H]1CCCO1)Cn1ccnc12. The zero-order valence-electron chi connectivity index (χ0n) is 16.6. The van der Waals surface area contributed by atoms with Crippen LogP contribution in [0.3, 0.4) is 0 Å². The van der Waals surface area contributed by atoms with Gasteiger partial charge in [-0.15, -0.1) is 0 Å². The molecule has 2 saturated heterocycles. The molecule has 8 nitrogen and oxygen atoms in total. The van der Waals surface area contributed by atoms with E-state index >= 15 is 0 Å². The van der Waals surface area contributed by atoms with Crippen LogP contribution in [-0.2, 0) is 31.2 Å². The second-order valence-electron chi connectivity index (χ2n) is 8.01. The van der Waals surface area contributed by atoms with E-state index in [1.807, 2.05) is 22.6 Å². The summed E-state index contributed by atoms with van der Waals surface area (Å²) in [6.45, 7) is 5.06. The van der Waals surface area contributed by atoms with E-state index in [1.54, 1.807) is 6.20 Å². The predicted molar refractivity (Wildman–Crippen MR) is 101 cm³/mol. The number of amides is 2. The van der Waals surface area contributed by atoms with Crippen LogP contribution in [0.1, 0.15) is 51.3 Å². The summed E-state index contributed by atoms with van der Waals surface area (Å²) in [5.74, 6) is 0.972. The molecule has 0 aliphatic carbocycles. The first-order valence-corrected chi connectivity index (χ1v) is 10.5. The van der Waals surface area contributed by atoms with E-state index in [-0.39, 0.29) is 17.9 Å². The highest BCUT2D eigenvalue weighted by Gasteiger charge is 2.47. The molecule has 2 atom stereocenters. The Morgan fingerprint density at radius 1 is 1.36 bits per heavy atom. The van der Waals surface area contributed by atoms with E-state index in [2.05, 4.69) is 10.3 Å². The molecule has 28 heavy (non-hydrogen) atoms. The average molecular weight is 390 g/mol. The smallest absolute Gasteiger partial charge is 0.251 e. The van der Waals surface area contributed by atoms with Gasteiger partial charge in [-0.1, -0.05) is 6.92 Å². The van der Waals surface area contributed by atoms with Gasteiger partial charge in [-0.05, 0) is 19.3 Å². The summed E-state index contributed by atoms with van der Waals surface area (Å²) in [6.07, 6.45) is 8.03. The van der Waals surface area contributed by atoms with Gasteiger partial charge in [-0.3, -0.25) is 9.59 Å². The summed E-state index contributed by atoms with van der Waals surface area (Å²) >= 11 is 0. The highest BCUT2D eigenvalue weighted by Crippen LogP contribution is 2.40. The minimum absolute atomic E-state index is 0.0984. The van der Waals surface area contributed by atoms with Crippen molar-refractivity contribution in [2.45, 2.75) is 69.8 Å². The Balaban J connectivity index is 1.43. The van der Waals surface area contributed by atoms with Gasteiger partial charge in [0.25, 0.3) is 5.91 Å². The Morgan fingerprint density at radius 2 is 2.18 bits per heavy atom. The number of likely N-dealkylation sites (tertiary alicyclic amines) is 1. The Kier molecular flexibility index (Phi) is 5.68. The number of ether oxygens (including phenoxy) is 2. The van der Waals surface area contributed by atoms with Crippen molar-refractivity contribution in [1.82, 2.24) is 19.8 Å². The first kappa shape index (κ1) is 19.4. The van der Waals surface area contributed by atoms with Gasteiger partial charge in [0.1, 0.15) is 11.4 Å². The molecule has 1 aromatic rings. The summed E-state index contributed by atoms with van der Waals surface area (Å²) in [6, 6.07) is 0. The number of nitrogens with zero attached hydrogens (tertiary/aromatic N) is 3. The maximum atomic E-state index is 12.8. The van der Waals surface area contributed by atoms with Crippen molar-refractivity contribution >= 4 is 11.8 Å². The highest BCUT2D eigenvalue weighted by atomic mass is 16.5. The van der Waals surface area contributed by atoms with E-state index in [0.717, 1.165) is 31.7 Å². The van der Waals surface area contributed by atoms with Crippen molar-refractivity contribution < 1.29 is 19.1 Å². The van der Waals surface area contributed by atoms with Crippen molar-refractivity contribution in [2.24, 2.45) is 0 Å². The molecular weight excluding hydrogens is 360 g/mol. The third kappa shape index (κ3) is 3.80. The van der Waals surface area contributed by atoms with Crippen LogP contribution in [-0.4, -0.2) is 64.7 Å². The Labute approximate surface area is 165 Å². The van der Waals surface area contributed by atoms with Crippen LogP contribution < -0.4 is 5.32 Å². The van der Waals surface area contributed by atoms with Gasteiger partial charge in [0.05, 0.1) is 12.6 Å². The molecule has 0 radical (unpaired) electrons. The van der Waals surface area contributed by atoms with Crippen molar-refractivity contribution in [3.8, 4) is 0 Å². The van der Waals surface area contributed by atoms with Crippen LogP contribution in [0.4, 0.5) is 0 Å².